The minimum atomic E-state index is -1.17. The first kappa shape index (κ1) is 22.1. The maximum atomic E-state index is 14.0. The molecule has 0 radical (unpaired) electrons. The zero-order valence-corrected chi connectivity index (χ0v) is 18.4. The molecule has 2 aromatic rings. The Labute approximate surface area is 193 Å². The fraction of sp³-hybridized carbons (Fsp3) is 0.455. The van der Waals surface area contributed by atoms with Crippen molar-refractivity contribution in [2.45, 2.75) is 44.1 Å². The number of fused-ring (bicyclic) bond motifs is 1. The van der Waals surface area contributed by atoms with Crippen LogP contribution >= 0.6 is 0 Å². The van der Waals surface area contributed by atoms with Crippen LogP contribution in [-0.4, -0.2) is 86.9 Å². The van der Waals surface area contributed by atoms with E-state index in [9.17, 15) is 23.6 Å². The summed E-state index contributed by atoms with van der Waals surface area (Å²) >= 11 is 0. The largest absolute Gasteiger partial charge is 0.380 e. The summed E-state index contributed by atoms with van der Waals surface area (Å²) in [7, 11) is 1.48. The highest BCUT2D eigenvalue weighted by atomic mass is 19.1. The molecule has 4 heterocycles. The van der Waals surface area contributed by atoms with Gasteiger partial charge in [0.1, 0.15) is 12.2 Å². The van der Waals surface area contributed by atoms with Crippen molar-refractivity contribution < 1.29 is 28.3 Å². The number of aromatic nitrogens is 3. The van der Waals surface area contributed by atoms with Crippen LogP contribution in [0.2, 0.25) is 0 Å². The first-order chi connectivity index (χ1) is 16.3. The quantitative estimate of drug-likeness (QED) is 0.634. The molecule has 2 fully saturated rings. The number of imide groups is 1. The maximum absolute atomic E-state index is 14.0. The molecule has 1 unspecified atom stereocenters. The number of hydrogen-bond donors (Lipinski definition) is 1. The van der Waals surface area contributed by atoms with Gasteiger partial charge in [-0.05, 0) is 24.1 Å². The van der Waals surface area contributed by atoms with Gasteiger partial charge >= 0.3 is 0 Å². The SMILES string of the molecule is CO[C@@H]1C[C@@H](F)CN(C(=O)c2cn(-c3ccc4c(c3)C(=O)N(C3CCC(=O)NC3=O)C4)nn2)C1. The Kier molecular flexibility index (Phi) is 5.60. The number of hydrogen-bond acceptors (Lipinski definition) is 7. The molecular weight excluding hydrogens is 447 g/mol. The standard InChI is InChI=1S/C22H23FN6O5/c1-34-15-6-13(23)9-27(10-15)22(33)17-11-29(26-25-17)14-3-2-12-8-28(21(32)16(12)7-14)18-4-5-19(30)24-20(18)31/h2-3,7,11,13,15,18H,4-6,8-10H2,1H3,(H,24,30,31)/t13-,15-,18?/m1/s1. The Morgan fingerprint density at radius 3 is 2.82 bits per heavy atom. The van der Waals surface area contributed by atoms with Crippen LogP contribution in [0, 0.1) is 0 Å². The number of methoxy groups -OCH3 is 1. The average molecular weight is 470 g/mol. The van der Waals surface area contributed by atoms with Crippen LogP contribution in [0.3, 0.4) is 0 Å². The van der Waals surface area contributed by atoms with E-state index in [2.05, 4.69) is 15.6 Å². The summed E-state index contributed by atoms with van der Waals surface area (Å²) in [5.74, 6) is -1.57. The Balaban J connectivity index is 1.33. The number of likely N-dealkylation sites (tertiary alicyclic amines) is 1. The normalized spacial score (nSPS) is 24.9. The molecule has 11 nitrogen and oxygen atoms in total. The second kappa shape index (κ2) is 8.60. The molecule has 0 bridgehead atoms. The fourth-order valence-electron chi connectivity index (χ4n) is 4.67. The van der Waals surface area contributed by atoms with Crippen molar-refractivity contribution in [3.63, 3.8) is 0 Å². The molecule has 178 valence electrons. The summed E-state index contributed by atoms with van der Waals surface area (Å²) in [5, 5.41) is 10.2. The molecule has 4 amide bonds. The lowest BCUT2D eigenvalue weighted by molar-refractivity contribution is -0.136. The van der Waals surface area contributed by atoms with Gasteiger partial charge in [0.25, 0.3) is 11.8 Å². The van der Waals surface area contributed by atoms with Gasteiger partial charge in [-0.3, -0.25) is 24.5 Å². The van der Waals surface area contributed by atoms with Crippen LogP contribution in [0.15, 0.2) is 24.4 Å². The molecule has 3 atom stereocenters. The van der Waals surface area contributed by atoms with Gasteiger partial charge in [-0.2, -0.15) is 0 Å². The number of nitrogens with one attached hydrogen (secondary N) is 1. The highest BCUT2D eigenvalue weighted by Crippen LogP contribution is 2.29. The summed E-state index contributed by atoms with van der Waals surface area (Å²) in [4.78, 5) is 52.3. The second-order valence-electron chi connectivity index (χ2n) is 8.69. The molecule has 34 heavy (non-hydrogen) atoms. The van der Waals surface area contributed by atoms with Crippen molar-refractivity contribution in [1.82, 2.24) is 30.1 Å². The molecule has 1 aromatic carbocycles. The van der Waals surface area contributed by atoms with Gasteiger partial charge in [0.05, 0.1) is 24.5 Å². The van der Waals surface area contributed by atoms with Gasteiger partial charge in [-0.15, -0.1) is 5.10 Å². The molecule has 3 aliphatic rings. The molecule has 5 rings (SSSR count). The molecule has 0 saturated carbocycles. The second-order valence-corrected chi connectivity index (χ2v) is 8.69. The molecular formula is C22H23FN6O5. The van der Waals surface area contributed by atoms with Gasteiger partial charge in [0, 0.05) is 38.6 Å². The average Bonchev–Trinajstić information content (AvgIpc) is 3.43. The Morgan fingerprint density at radius 2 is 2.06 bits per heavy atom. The fourth-order valence-corrected chi connectivity index (χ4v) is 4.67. The number of carbonyl (C=O) groups excluding carboxylic acids is 4. The molecule has 1 N–H and O–H groups in total. The lowest BCUT2D eigenvalue weighted by atomic mass is 10.0. The van der Waals surface area contributed by atoms with E-state index in [1.54, 1.807) is 18.2 Å². The third-order valence-electron chi connectivity index (χ3n) is 6.47. The van der Waals surface area contributed by atoms with Crippen LogP contribution in [0.4, 0.5) is 4.39 Å². The first-order valence-electron chi connectivity index (χ1n) is 11.0. The third-order valence-corrected chi connectivity index (χ3v) is 6.47. The lowest BCUT2D eigenvalue weighted by Crippen LogP contribution is -2.52. The number of alkyl halides is 1. The number of amides is 4. The van der Waals surface area contributed by atoms with E-state index in [0.717, 1.165) is 5.56 Å². The molecule has 2 saturated heterocycles. The molecule has 0 spiro atoms. The van der Waals surface area contributed by atoms with Crippen molar-refractivity contribution in [2.75, 3.05) is 20.2 Å². The molecule has 3 aliphatic heterocycles. The van der Waals surface area contributed by atoms with E-state index in [-0.39, 0.29) is 62.5 Å². The van der Waals surface area contributed by atoms with Crippen LogP contribution in [0.25, 0.3) is 5.69 Å². The maximum Gasteiger partial charge on any atom is 0.276 e. The van der Waals surface area contributed by atoms with E-state index in [4.69, 9.17) is 4.74 Å². The van der Waals surface area contributed by atoms with Crippen molar-refractivity contribution >= 4 is 23.6 Å². The minimum Gasteiger partial charge on any atom is -0.380 e. The zero-order valence-electron chi connectivity index (χ0n) is 18.4. The number of rotatable bonds is 4. The molecule has 0 aliphatic carbocycles. The summed E-state index contributed by atoms with van der Waals surface area (Å²) in [6.07, 6.45) is 0.594. The van der Waals surface area contributed by atoms with Gasteiger partial charge in [-0.1, -0.05) is 11.3 Å². The summed E-state index contributed by atoms with van der Waals surface area (Å²) < 4.78 is 20.6. The Bertz CT molecular complexity index is 1180. The van der Waals surface area contributed by atoms with Crippen molar-refractivity contribution in [3.8, 4) is 5.69 Å². The van der Waals surface area contributed by atoms with Gasteiger partial charge in [0.15, 0.2) is 5.69 Å². The highest BCUT2D eigenvalue weighted by Gasteiger charge is 2.39. The van der Waals surface area contributed by atoms with Crippen molar-refractivity contribution in [1.29, 1.82) is 0 Å². The van der Waals surface area contributed by atoms with E-state index < -0.39 is 24.0 Å². The monoisotopic (exact) mass is 470 g/mol. The number of piperidine rings is 2. The molecule has 12 heteroatoms. The smallest absolute Gasteiger partial charge is 0.276 e. The first-order valence-corrected chi connectivity index (χ1v) is 11.0. The summed E-state index contributed by atoms with van der Waals surface area (Å²) in [6, 6.07) is 4.43. The topological polar surface area (TPSA) is 127 Å². The predicted molar refractivity (Wildman–Crippen MR) is 114 cm³/mol. The van der Waals surface area contributed by atoms with E-state index in [0.29, 0.717) is 11.3 Å². The zero-order chi connectivity index (χ0) is 24.0. The molecule has 1 aromatic heterocycles. The van der Waals surface area contributed by atoms with Crippen molar-refractivity contribution in [2.24, 2.45) is 0 Å². The van der Waals surface area contributed by atoms with Gasteiger partial charge in [0.2, 0.25) is 11.8 Å². The predicted octanol–water partition coefficient (Wildman–Crippen LogP) is 0.227. The van der Waals surface area contributed by atoms with E-state index in [1.165, 1.54) is 27.8 Å². The van der Waals surface area contributed by atoms with Crippen molar-refractivity contribution in [3.05, 3.63) is 41.2 Å². The number of benzene rings is 1. The number of nitrogens with zero attached hydrogens (tertiary/aromatic N) is 5. The van der Waals surface area contributed by atoms with Crippen LogP contribution in [-0.2, 0) is 20.9 Å². The minimum absolute atomic E-state index is 0.0327. The highest BCUT2D eigenvalue weighted by molar-refractivity contribution is 6.05. The number of ether oxygens (including phenoxy) is 1. The summed E-state index contributed by atoms with van der Waals surface area (Å²) in [5.41, 5.74) is 1.74. The Hall–Kier alpha value is -3.67. The lowest BCUT2D eigenvalue weighted by Gasteiger charge is -2.33. The number of carbonyl (C=O) groups is 4. The van der Waals surface area contributed by atoms with Crippen LogP contribution < -0.4 is 5.32 Å². The van der Waals surface area contributed by atoms with Crippen LogP contribution in [0.5, 0.6) is 0 Å². The summed E-state index contributed by atoms with van der Waals surface area (Å²) in [6.45, 7) is 0.503. The van der Waals surface area contributed by atoms with E-state index in [1.807, 2.05) is 0 Å². The van der Waals surface area contributed by atoms with Gasteiger partial charge in [-0.25, -0.2) is 9.07 Å². The van der Waals surface area contributed by atoms with E-state index >= 15 is 0 Å². The third kappa shape index (κ3) is 3.94. The van der Waals surface area contributed by atoms with Gasteiger partial charge < -0.3 is 14.5 Å². The number of halogens is 1. The Morgan fingerprint density at radius 1 is 1.24 bits per heavy atom. The van der Waals surface area contributed by atoms with Crippen LogP contribution in [0.1, 0.15) is 45.7 Å².